The summed E-state index contributed by atoms with van der Waals surface area (Å²) in [6.07, 6.45) is 1.61. The molecule has 1 atom stereocenters. The van der Waals surface area contributed by atoms with Gasteiger partial charge in [0.05, 0.1) is 31.5 Å². The van der Waals surface area contributed by atoms with E-state index < -0.39 is 0 Å². The normalized spacial score (nSPS) is 17.7. The van der Waals surface area contributed by atoms with E-state index in [0.29, 0.717) is 22.4 Å². The number of rotatable bonds is 6. The molecule has 1 saturated heterocycles. The first-order valence-corrected chi connectivity index (χ1v) is 9.40. The predicted octanol–water partition coefficient (Wildman–Crippen LogP) is 4.10. The van der Waals surface area contributed by atoms with Gasteiger partial charge in [-0.15, -0.1) is 0 Å². The average molecular weight is 384 g/mol. The fraction of sp³-hybridized carbons (Fsp3) is 0.500. The summed E-state index contributed by atoms with van der Waals surface area (Å²) in [5.74, 6) is 1.43. The standard InChI is InChI=1S/C18H23Cl2N3O2/c1-3-16-18(25-15-8-12(19)7-13(20)9-15)17(4-2)23(22-16)10-14-11-24-6-5-21-14/h7-9,14,21H,3-6,10-11H2,1-2H3. The minimum Gasteiger partial charge on any atom is -0.453 e. The highest BCUT2D eigenvalue weighted by Crippen LogP contribution is 2.33. The van der Waals surface area contributed by atoms with Crippen molar-refractivity contribution in [1.29, 1.82) is 0 Å². The lowest BCUT2D eigenvalue weighted by molar-refractivity contribution is 0.0699. The van der Waals surface area contributed by atoms with Crippen LogP contribution in [0, 0.1) is 0 Å². The van der Waals surface area contributed by atoms with Gasteiger partial charge >= 0.3 is 0 Å². The summed E-state index contributed by atoms with van der Waals surface area (Å²) in [6, 6.07) is 5.48. The van der Waals surface area contributed by atoms with Gasteiger partial charge in [0.25, 0.3) is 0 Å². The third-order valence-electron chi connectivity index (χ3n) is 4.19. The molecule has 0 amide bonds. The van der Waals surface area contributed by atoms with E-state index in [2.05, 4.69) is 19.2 Å². The monoisotopic (exact) mass is 383 g/mol. The first-order valence-electron chi connectivity index (χ1n) is 8.64. The Labute approximate surface area is 158 Å². The molecule has 25 heavy (non-hydrogen) atoms. The van der Waals surface area contributed by atoms with Crippen molar-refractivity contribution in [1.82, 2.24) is 15.1 Å². The molecule has 0 spiro atoms. The van der Waals surface area contributed by atoms with Crippen LogP contribution in [0.25, 0.3) is 0 Å². The molecule has 1 aliphatic rings. The summed E-state index contributed by atoms with van der Waals surface area (Å²) < 4.78 is 13.7. The zero-order valence-electron chi connectivity index (χ0n) is 14.5. The van der Waals surface area contributed by atoms with E-state index in [0.717, 1.165) is 49.7 Å². The quantitative estimate of drug-likeness (QED) is 0.815. The van der Waals surface area contributed by atoms with Crippen LogP contribution in [0.3, 0.4) is 0 Å². The maximum Gasteiger partial charge on any atom is 0.171 e. The maximum atomic E-state index is 6.15. The van der Waals surface area contributed by atoms with E-state index in [1.807, 2.05) is 4.68 Å². The molecule has 5 nitrogen and oxygen atoms in total. The number of nitrogens with zero attached hydrogens (tertiary/aromatic N) is 2. The Hall–Kier alpha value is -1.27. The van der Waals surface area contributed by atoms with Crippen LogP contribution in [0.2, 0.25) is 10.0 Å². The van der Waals surface area contributed by atoms with Gasteiger partial charge < -0.3 is 14.8 Å². The third-order valence-corrected chi connectivity index (χ3v) is 4.63. The lowest BCUT2D eigenvalue weighted by Crippen LogP contribution is -2.44. The van der Waals surface area contributed by atoms with Crippen molar-refractivity contribution in [3.05, 3.63) is 39.6 Å². The Morgan fingerprint density at radius 3 is 2.60 bits per heavy atom. The number of nitrogens with one attached hydrogen (secondary N) is 1. The molecule has 7 heteroatoms. The molecule has 136 valence electrons. The molecule has 1 aromatic heterocycles. The van der Waals surface area contributed by atoms with Crippen molar-refractivity contribution in [3.63, 3.8) is 0 Å². The van der Waals surface area contributed by atoms with Gasteiger partial charge in [0.15, 0.2) is 5.75 Å². The predicted molar refractivity (Wildman–Crippen MR) is 100 cm³/mol. The molecule has 1 aromatic carbocycles. The number of morpholine rings is 1. The van der Waals surface area contributed by atoms with Crippen LogP contribution in [0.15, 0.2) is 18.2 Å². The number of aromatic nitrogens is 2. The second kappa shape index (κ2) is 8.41. The van der Waals surface area contributed by atoms with Crippen LogP contribution in [0.1, 0.15) is 25.2 Å². The van der Waals surface area contributed by atoms with E-state index in [1.165, 1.54) is 0 Å². The zero-order valence-corrected chi connectivity index (χ0v) is 16.0. The Balaban J connectivity index is 1.89. The molecular formula is C18H23Cl2N3O2. The summed E-state index contributed by atoms with van der Waals surface area (Å²) >= 11 is 12.2. The Kier molecular flexibility index (Phi) is 6.23. The molecule has 1 N–H and O–H groups in total. The van der Waals surface area contributed by atoms with Crippen molar-refractivity contribution in [3.8, 4) is 11.5 Å². The lowest BCUT2D eigenvalue weighted by atomic mass is 10.2. The zero-order chi connectivity index (χ0) is 17.8. The Morgan fingerprint density at radius 1 is 1.24 bits per heavy atom. The first kappa shape index (κ1) is 18.5. The van der Waals surface area contributed by atoms with Crippen LogP contribution >= 0.6 is 23.2 Å². The number of halogens is 2. The molecule has 2 aromatic rings. The van der Waals surface area contributed by atoms with E-state index in [4.69, 9.17) is 37.8 Å². The van der Waals surface area contributed by atoms with E-state index in [9.17, 15) is 0 Å². The first-order chi connectivity index (χ1) is 12.1. The molecule has 1 fully saturated rings. The molecular weight excluding hydrogens is 361 g/mol. The van der Waals surface area contributed by atoms with Gasteiger partial charge in [0, 0.05) is 16.6 Å². The minimum atomic E-state index is 0.261. The maximum absolute atomic E-state index is 6.15. The molecule has 1 aliphatic heterocycles. The van der Waals surface area contributed by atoms with Crippen LogP contribution in [-0.2, 0) is 24.1 Å². The third kappa shape index (κ3) is 4.47. The van der Waals surface area contributed by atoms with Gasteiger partial charge in [-0.05, 0) is 31.0 Å². The van der Waals surface area contributed by atoms with Gasteiger partial charge in [-0.1, -0.05) is 37.0 Å². The van der Waals surface area contributed by atoms with E-state index >= 15 is 0 Å². The smallest absolute Gasteiger partial charge is 0.171 e. The highest BCUT2D eigenvalue weighted by Gasteiger charge is 2.21. The minimum absolute atomic E-state index is 0.261. The van der Waals surface area contributed by atoms with Crippen molar-refractivity contribution < 1.29 is 9.47 Å². The highest BCUT2D eigenvalue weighted by molar-refractivity contribution is 6.34. The lowest BCUT2D eigenvalue weighted by Gasteiger charge is -2.24. The number of hydrogen-bond acceptors (Lipinski definition) is 4. The second-order valence-electron chi connectivity index (χ2n) is 6.04. The summed E-state index contributed by atoms with van der Waals surface area (Å²) in [5, 5.41) is 9.33. The van der Waals surface area contributed by atoms with E-state index in [1.54, 1.807) is 18.2 Å². The summed E-state index contributed by atoms with van der Waals surface area (Å²) in [6.45, 7) is 7.28. The largest absolute Gasteiger partial charge is 0.453 e. The Morgan fingerprint density at radius 2 is 2.00 bits per heavy atom. The van der Waals surface area contributed by atoms with Crippen LogP contribution < -0.4 is 10.1 Å². The fourth-order valence-corrected chi connectivity index (χ4v) is 3.54. The summed E-state index contributed by atoms with van der Waals surface area (Å²) in [7, 11) is 0. The van der Waals surface area contributed by atoms with Crippen LogP contribution in [0.5, 0.6) is 11.5 Å². The van der Waals surface area contributed by atoms with Gasteiger partial charge in [-0.3, -0.25) is 4.68 Å². The van der Waals surface area contributed by atoms with Gasteiger partial charge in [-0.25, -0.2) is 0 Å². The molecule has 3 rings (SSSR count). The molecule has 2 heterocycles. The van der Waals surface area contributed by atoms with E-state index in [-0.39, 0.29) is 6.04 Å². The molecule has 0 bridgehead atoms. The van der Waals surface area contributed by atoms with Crippen LogP contribution in [0.4, 0.5) is 0 Å². The van der Waals surface area contributed by atoms with Crippen molar-refractivity contribution in [2.24, 2.45) is 0 Å². The second-order valence-corrected chi connectivity index (χ2v) is 6.92. The fourth-order valence-electron chi connectivity index (χ4n) is 3.03. The number of hydrogen-bond donors (Lipinski definition) is 1. The van der Waals surface area contributed by atoms with Crippen molar-refractivity contribution in [2.45, 2.75) is 39.3 Å². The van der Waals surface area contributed by atoms with Crippen LogP contribution in [-0.4, -0.2) is 35.6 Å². The van der Waals surface area contributed by atoms with Crippen molar-refractivity contribution >= 4 is 23.2 Å². The Bertz CT molecular complexity index is 707. The molecule has 0 aliphatic carbocycles. The van der Waals surface area contributed by atoms with Gasteiger partial charge in [0.2, 0.25) is 0 Å². The summed E-state index contributed by atoms with van der Waals surface area (Å²) in [4.78, 5) is 0. The number of ether oxygens (including phenoxy) is 2. The van der Waals surface area contributed by atoms with Crippen molar-refractivity contribution in [2.75, 3.05) is 19.8 Å². The highest BCUT2D eigenvalue weighted by atomic mass is 35.5. The number of benzene rings is 1. The SMILES string of the molecule is CCc1nn(CC2COCCN2)c(CC)c1Oc1cc(Cl)cc(Cl)c1. The molecule has 0 saturated carbocycles. The van der Waals surface area contributed by atoms with Gasteiger partial charge in [-0.2, -0.15) is 5.10 Å². The van der Waals surface area contributed by atoms with Gasteiger partial charge in [0.1, 0.15) is 11.4 Å². The molecule has 0 radical (unpaired) electrons. The summed E-state index contributed by atoms with van der Waals surface area (Å²) in [5.41, 5.74) is 2.00. The topological polar surface area (TPSA) is 48.3 Å². The molecule has 1 unspecified atom stereocenters. The average Bonchev–Trinajstić information content (AvgIpc) is 2.91. The number of aryl methyl sites for hydroxylation is 1.